The molecule has 0 N–H and O–H groups in total. The summed E-state index contributed by atoms with van der Waals surface area (Å²) in [5.74, 6) is 0.541. The van der Waals surface area contributed by atoms with Gasteiger partial charge in [0.25, 0.3) is 0 Å². The Morgan fingerprint density at radius 2 is 1.82 bits per heavy atom. The second kappa shape index (κ2) is 3.48. The van der Waals surface area contributed by atoms with Crippen molar-refractivity contribution >= 4 is 21.7 Å². The first kappa shape index (κ1) is 10.1. The van der Waals surface area contributed by atoms with Crippen molar-refractivity contribution in [3.8, 4) is 0 Å². The van der Waals surface area contributed by atoms with Gasteiger partial charge in [0.05, 0.1) is 5.52 Å². The summed E-state index contributed by atoms with van der Waals surface area (Å²) in [6, 6.07) is 8.61. The number of nitrogens with zero attached hydrogens (tertiary/aromatic N) is 2. The van der Waals surface area contributed by atoms with E-state index in [1.807, 2.05) is 26.0 Å². The van der Waals surface area contributed by atoms with Crippen LogP contribution in [-0.2, 0) is 0 Å². The highest BCUT2D eigenvalue weighted by Gasteiger charge is 2.07. The van der Waals surface area contributed by atoms with Gasteiger partial charge in [0, 0.05) is 11.1 Å². The maximum Gasteiger partial charge on any atom is 0.126 e. The molecule has 0 spiro atoms. The van der Waals surface area contributed by atoms with Crippen LogP contribution in [0.2, 0.25) is 0 Å². The fourth-order valence-electron chi connectivity index (χ4n) is 2.26. The van der Waals surface area contributed by atoms with Crippen molar-refractivity contribution in [3.63, 3.8) is 0 Å². The molecule has 3 aromatic rings. The molecule has 2 aromatic carbocycles. The number of hydrogen-bond acceptors (Lipinski definition) is 2. The number of aromatic nitrogens is 2. The Bertz CT molecular complexity index is 735. The summed E-state index contributed by atoms with van der Waals surface area (Å²) in [7, 11) is 0. The van der Waals surface area contributed by atoms with Gasteiger partial charge >= 0.3 is 0 Å². The minimum absolute atomic E-state index is 0.220. The van der Waals surface area contributed by atoms with Crippen molar-refractivity contribution < 1.29 is 4.39 Å². The van der Waals surface area contributed by atoms with E-state index < -0.39 is 0 Å². The first-order valence-electron chi connectivity index (χ1n) is 5.48. The molecule has 17 heavy (non-hydrogen) atoms. The van der Waals surface area contributed by atoms with Crippen molar-refractivity contribution in [1.82, 2.24) is 9.97 Å². The number of halogens is 1. The van der Waals surface area contributed by atoms with Gasteiger partial charge in [0.15, 0.2) is 0 Å². The fourth-order valence-corrected chi connectivity index (χ4v) is 2.26. The number of hydrogen-bond donors (Lipinski definition) is 0. The summed E-state index contributed by atoms with van der Waals surface area (Å²) in [5.41, 5.74) is 1.85. The first-order valence-corrected chi connectivity index (χ1v) is 5.48. The normalized spacial score (nSPS) is 11.2. The van der Waals surface area contributed by atoms with Crippen LogP contribution in [0.15, 0.2) is 30.3 Å². The van der Waals surface area contributed by atoms with Gasteiger partial charge < -0.3 is 0 Å². The molecular weight excluding hydrogens is 215 g/mol. The standard InChI is InChI=1S/C14H11FN2/c1-8-14-12-5-4-11(15)7-10(12)3-6-13(14)17-9(2)16-8/h3-7H,1-2H3. The van der Waals surface area contributed by atoms with Crippen molar-refractivity contribution in [2.24, 2.45) is 0 Å². The Morgan fingerprint density at radius 3 is 2.65 bits per heavy atom. The van der Waals surface area contributed by atoms with Crippen LogP contribution in [0.1, 0.15) is 11.5 Å². The van der Waals surface area contributed by atoms with E-state index in [2.05, 4.69) is 9.97 Å². The summed E-state index contributed by atoms with van der Waals surface area (Å²) in [5, 5.41) is 2.89. The Balaban J connectivity index is 2.55. The van der Waals surface area contributed by atoms with Crippen LogP contribution in [-0.4, -0.2) is 9.97 Å². The number of benzene rings is 2. The molecule has 0 aliphatic heterocycles. The van der Waals surface area contributed by atoms with Crippen LogP contribution in [0.3, 0.4) is 0 Å². The molecule has 0 saturated carbocycles. The van der Waals surface area contributed by atoms with Gasteiger partial charge in [-0.05, 0) is 42.8 Å². The van der Waals surface area contributed by atoms with Gasteiger partial charge in [-0.3, -0.25) is 0 Å². The van der Waals surface area contributed by atoms with Crippen molar-refractivity contribution in [1.29, 1.82) is 0 Å². The highest BCUT2D eigenvalue weighted by atomic mass is 19.1. The van der Waals surface area contributed by atoms with E-state index in [1.54, 1.807) is 6.07 Å². The number of fused-ring (bicyclic) bond motifs is 3. The minimum Gasteiger partial charge on any atom is -0.238 e. The Hall–Kier alpha value is -2.03. The second-order valence-corrected chi connectivity index (χ2v) is 4.18. The summed E-state index contributed by atoms with van der Waals surface area (Å²) in [4.78, 5) is 8.77. The average Bonchev–Trinajstić information content (AvgIpc) is 2.28. The fraction of sp³-hybridized carbons (Fsp3) is 0.143. The SMILES string of the molecule is Cc1nc(C)c2c(ccc3cc(F)ccc32)n1. The number of aryl methyl sites for hydroxylation is 2. The highest BCUT2D eigenvalue weighted by molar-refractivity contribution is 6.07. The monoisotopic (exact) mass is 226 g/mol. The maximum atomic E-state index is 13.2. The largest absolute Gasteiger partial charge is 0.238 e. The zero-order chi connectivity index (χ0) is 12.0. The third kappa shape index (κ3) is 1.55. The van der Waals surface area contributed by atoms with Crippen molar-refractivity contribution in [2.75, 3.05) is 0 Å². The molecule has 0 radical (unpaired) electrons. The molecule has 0 aliphatic carbocycles. The molecule has 3 rings (SSSR count). The van der Waals surface area contributed by atoms with Crippen LogP contribution in [0, 0.1) is 19.7 Å². The predicted octanol–water partition coefficient (Wildman–Crippen LogP) is 3.54. The van der Waals surface area contributed by atoms with Crippen molar-refractivity contribution in [2.45, 2.75) is 13.8 Å². The molecule has 0 saturated heterocycles. The summed E-state index contributed by atoms with van der Waals surface area (Å²) < 4.78 is 13.2. The molecule has 3 heteroatoms. The molecule has 0 fully saturated rings. The Morgan fingerprint density at radius 1 is 1.00 bits per heavy atom. The topological polar surface area (TPSA) is 25.8 Å². The zero-order valence-electron chi connectivity index (χ0n) is 9.66. The predicted molar refractivity (Wildman–Crippen MR) is 66.5 cm³/mol. The molecule has 0 unspecified atom stereocenters. The van der Waals surface area contributed by atoms with Crippen LogP contribution in [0.25, 0.3) is 21.7 Å². The third-order valence-corrected chi connectivity index (χ3v) is 2.93. The molecule has 84 valence electrons. The van der Waals surface area contributed by atoms with Crippen LogP contribution in [0.5, 0.6) is 0 Å². The smallest absolute Gasteiger partial charge is 0.126 e. The van der Waals surface area contributed by atoms with Gasteiger partial charge in [-0.2, -0.15) is 0 Å². The van der Waals surface area contributed by atoms with Gasteiger partial charge in [-0.1, -0.05) is 12.1 Å². The van der Waals surface area contributed by atoms with Gasteiger partial charge in [0.1, 0.15) is 11.6 Å². The van der Waals surface area contributed by atoms with Gasteiger partial charge in [0.2, 0.25) is 0 Å². The van der Waals surface area contributed by atoms with Gasteiger partial charge in [-0.15, -0.1) is 0 Å². The van der Waals surface area contributed by atoms with E-state index in [4.69, 9.17) is 0 Å². The lowest BCUT2D eigenvalue weighted by Crippen LogP contribution is -1.94. The van der Waals surface area contributed by atoms with Crippen LogP contribution >= 0.6 is 0 Å². The van der Waals surface area contributed by atoms with E-state index in [0.717, 1.165) is 33.2 Å². The molecule has 0 aliphatic rings. The average molecular weight is 226 g/mol. The summed E-state index contributed by atoms with van der Waals surface area (Å²) >= 11 is 0. The Labute approximate surface area is 98.1 Å². The quantitative estimate of drug-likeness (QED) is 0.548. The van der Waals surface area contributed by atoms with Crippen LogP contribution < -0.4 is 0 Å². The molecule has 0 atom stereocenters. The van der Waals surface area contributed by atoms with E-state index in [0.29, 0.717) is 0 Å². The van der Waals surface area contributed by atoms with E-state index in [-0.39, 0.29) is 5.82 Å². The maximum absolute atomic E-state index is 13.2. The lowest BCUT2D eigenvalue weighted by Gasteiger charge is -2.06. The van der Waals surface area contributed by atoms with Crippen molar-refractivity contribution in [3.05, 3.63) is 47.7 Å². The van der Waals surface area contributed by atoms with Gasteiger partial charge in [-0.25, -0.2) is 14.4 Å². The zero-order valence-corrected chi connectivity index (χ0v) is 9.66. The molecule has 1 heterocycles. The molecule has 0 amide bonds. The van der Waals surface area contributed by atoms with E-state index in [9.17, 15) is 4.39 Å². The van der Waals surface area contributed by atoms with E-state index in [1.165, 1.54) is 12.1 Å². The lowest BCUT2D eigenvalue weighted by molar-refractivity contribution is 0.630. The minimum atomic E-state index is -0.220. The second-order valence-electron chi connectivity index (χ2n) is 4.18. The molecule has 0 bridgehead atoms. The van der Waals surface area contributed by atoms with Crippen LogP contribution in [0.4, 0.5) is 4.39 Å². The first-order chi connectivity index (χ1) is 8.15. The molecular formula is C14H11FN2. The highest BCUT2D eigenvalue weighted by Crippen LogP contribution is 2.26. The summed E-state index contributed by atoms with van der Waals surface area (Å²) in [6.07, 6.45) is 0. The lowest BCUT2D eigenvalue weighted by atomic mass is 10.0. The Kier molecular flexibility index (Phi) is 2.08. The number of rotatable bonds is 0. The molecule has 1 aromatic heterocycles. The summed E-state index contributed by atoms with van der Waals surface area (Å²) in [6.45, 7) is 3.83. The van der Waals surface area contributed by atoms with E-state index >= 15 is 0 Å². The molecule has 2 nitrogen and oxygen atoms in total. The third-order valence-electron chi connectivity index (χ3n) is 2.93.